The fraction of sp³-hybridized carbons (Fsp3) is 0.385. The normalized spacial score (nSPS) is 12.1. The molecule has 2 aromatic rings. The Morgan fingerprint density at radius 2 is 2.00 bits per heavy atom. The van der Waals surface area contributed by atoms with Crippen molar-refractivity contribution in [1.82, 2.24) is 19.7 Å². The lowest BCUT2D eigenvalue weighted by atomic mass is 10.3. The Morgan fingerprint density at radius 1 is 1.35 bits per heavy atom. The predicted octanol–water partition coefficient (Wildman–Crippen LogP) is 2.18. The molecule has 1 amide bonds. The van der Waals surface area contributed by atoms with E-state index in [4.69, 9.17) is 4.74 Å². The molecule has 2 heterocycles. The van der Waals surface area contributed by atoms with Gasteiger partial charge < -0.3 is 15.8 Å². The Balaban J connectivity index is 2.36. The second kappa shape index (κ2) is 6.72. The molecule has 0 bridgehead atoms. The zero-order valence-electron chi connectivity index (χ0n) is 13.4. The number of nitrogens with zero attached hydrogens (tertiary/aromatic N) is 4. The molecule has 8 nitrogen and oxygen atoms in total. The van der Waals surface area contributed by atoms with Crippen LogP contribution in [-0.2, 0) is 17.0 Å². The Hall–Kier alpha value is -2.99. The third-order valence-corrected chi connectivity index (χ3v) is 3.07. The number of rotatable bonds is 6. The number of halogens is 5. The number of ether oxygens (including phenoxy) is 1. The highest BCUT2D eigenvalue weighted by atomic mass is 19.4. The largest absolute Gasteiger partial charge is 0.477 e. The number of primary amides is 1. The van der Waals surface area contributed by atoms with Gasteiger partial charge in [0.25, 0.3) is 0 Å². The number of aromatic nitrogens is 4. The molecule has 13 heteroatoms. The number of aryl methyl sites for hydroxylation is 1. The Bertz CT molecular complexity index is 820. The Labute approximate surface area is 143 Å². The number of amides is 1. The maximum absolute atomic E-state index is 13.6. The van der Waals surface area contributed by atoms with Crippen molar-refractivity contribution < 1.29 is 31.5 Å². The number of anilines is 2. The van der Waals surface area contributed by atoms with Crippen molar-refractivity contribution in [3.63, 3.8) is 0 Å². The number of alkyl halides is 5. The maximum atomic E-state index is 13.6. The Kier molecular flexibility index (Phi) is 5.00. The summed E-state index contributed by atoms with van der Waals surface area (Å²) in [6.07, 6.45) is -3.48. The number of hydrogen-bond donors (Lipinski definition) is 2. The predicted molar refractivity (Wildman–Crippen MR) is 77.8 cm³/mol. The molecule has 3 N–H and O–H groups in total. The monoisotopic (exact) mass is 380 g/mol. The summed E-state index contributed by atoms with van der Waals surface area (Å²) < 4.78 is 70.7. The second-order valence-electron chi connectivity index (χ2n) is 4.95. The summed E-state index contributed by atoms with van der Waals surface area (Å²) >= 11 is 0. The van der Waals surface area contributed by atoms with Crippen LogP contribution in [0.3, 0.4) is 0 Å². The van der Waals surface area contributed by atoms with Crippen molar-refractivity contribution in [2.24, 2.45) is 5.73 Å². The van der Waals surface area contributed by atoms with Crippen LogP contribution < -0.4 is 15.8 Å². The minimum absolute atomic E-state index is 0.00684. The van der Waals surface area contributed by atoms with Crippen molar-refractivity contribution in [1.29, 1.82) is 0 Å². The molecular formula is C13H13F5N6O2. The molecule has 0 spiro atoms. The van der Waals surface area contributed by atoms with Crippen LogP contribution in [-0.4, -0.2) is 32.3 Å². The SMILES string of the molecule is CCOc1nc(Nc2cn(C(F)(F)C(N)=O)nc2C)ncc1C(F)(F)F. The van der Waals surface area contributed by atoms with Gasteiger partial charge in [-0.2, -0.15) is 36.7 Å². The fourth-order valence-corrected chi connectivity index (χ4v) is 1.83. The van der Waals surface area contributed by atoms with Crippen LogP contribution in [0.1, 0.15) is 18.2 Å². The van der Waals surface area contributed by atoms with Gasteiger partial charge in [0.05, 0.1) is 24.2 Å². The molecule has 0 unspecified atom stereocenters. The summed E-state index contributed by atoms with van der Waals surface area (Å²) in [5.41, 5.74) is 3.37. The van der Waals surface area contributed by atoms with Crippen LogP contribution >= 0.6 is 0 Å². The zero-order chi connectivity index (χ0) is 19.7. The highest BCUT2D eigenvalue weighted by molar-refractivity contribution is 5.79. The second-order valence-corrected chi connectivity index (χ2v) is 4.95. The summed E-state index contributed by atoms with van der Waals surface area (Å²) in [6.45, 7) is 2.71. The van der Waals surface area contributed by atoms with E-state index in [2.05, 4.69) is 26.1 Å². The fourth-order valence-electron chi connectivity index (χ4n) is 1.83. The molecule has 0 aliphatic carbocycles. The van der Waals surface area contributed by atoms with E-state index in [0.29, 0.717) is 6.20 Å². The first-order valence-corrected chi connectivity index (χ1v) is 7.05. The quantitative estimate of drug-likeness (QED) is 0.744. The molecule has 0 saturated carbocycles. The van der Waals surface area contributed by atoms with E-state index in [1.54, 1.807) is 0 Å². The van der Waals surface area contributed by atoms with Crippen molar-refractivity contribution in [3.05, 3.63) is 23.7 Å². The highest BCUT2D eigenvalue weighted by Gasteiger charge is 2.40. The van der Waals surface area contributed by atoms with E-state index in [9.17, 15) is 26.7 Å². The molecule has 142 valence electrons. The zero-order valence-corrected chi connectivity index (χ0v) is 13.4. The standard InChI is InChI=1S/C13H13F5N6O2/c1-3-26-9-7(12(14,15)16)4-20-11(22-9)21-8-5-24(23-6(8)2)13(17,18)10(19)25/h4-5H,3H2,1-2H3,(H2,19,25)(H,20,21,22). The highest BCUT2D eigenvalue weighted by Crippen LogP contribution is 2.35. The van der Waals surface area contributed by atoms with Crippen molar-refractivity contribution >= 4 is 17.5 Å². The van der Waals surface area contributed by atoms with Crippen molar-refractivity contribution in [2.45, 2.75) is 26.1 Å². The van der Waals surface area contributed by atoms with Gasteiger partial charge in [0.2, 0.25) is 11.8 Å². The van der Waals surface area contributed by atoms with Crippen LogP contribution in [0.4, 0.5) is 33.6 Å². The van der Waals surface area contributed by atoms with Gasteiger partial charge in [-0.1, -0.05) is 0 Å². The van der Waals surface area contributed by atoms with Crippen LogP contribution in [0.15, 0.2) is 12.4 Å². The van der Waals surface area contributed by atoms with E-state index in [1.807, 2.05) is 0 Å². The minimum Gasteiger partial charge on any atom is -0.477 e. The average Bonchev–Trinajstić information content (AvgIpc) is 2.88. The van der Waals surface area contributed by atoms with Gasteiger partial charge in [-0.3, -0.25) is 4.79 Å². The van der Waals surface area contributed by atoms with Crippen molar-refractivity contribution in [2.75, 3.05) is 11.9 Å². The third-order valence-electron chi connectivity index (χ3n) is 3.07. The average molecular weight is 380 g/mol. The van der Waals surface area contributed by atoms with Gasteiger partial charge in [-0.05, 0) is 13.8 Å². The first-order chi connectivity index (χ1) is 12.0. The molecular weight excluding hydrogens is 367 g/mol. The summed E-state index contributed by atoms with van der Waals surface area (Å²) in [5, 5.41) is 5.89. The number of hydrogen-bond acceptors (Lipinski definition) is 6. The lowest BCUT2D eigenvalue weighted by Crippen LogP contribution is -2.38. The van der Waals surface area contributed by atoms with Gasteiger partial charge in [-0.25, -0.2) is 4.98 Å². The lowest BCUT2D eigenvalue weighted by molar-refractivity contribution is -0.159. The number of carbonyl (C=O) groups excluding carboxylic acids is 1. The summed E-state index contributed by atoms with van der Waals surface area (Å²) in [6, 6.07) is -4.08. The lowest BCUT2D eigenvalue weighted by Gasteiger charge is -2.13. The van der Waals surface area contributed by atoms with E-state index >= 15 is 0 Å². The number of nitrogens with two attached hydrogens (primary N) is 1. The molecule has 0 fully saturated rings. The minimum atomic E-state index is -4.73. The molecule has 0 saturated heterocycles. The summed E-state index contributed by atoms with van der Waals surface area (Å²) in [4.78, 5) is 17.9. The van der Waals surface area contributed by atoms with E-state index < -0.39 is 29.6 Å². The molecule has 2 aromatic heterocycles. The summed E-state index contributed by atoms with van der Waals surface area (Å²) in [5.74, 6) is -2.98. The van der Waals surface area contributed by atoms with Gasteiger partial charge in [0, 0.05) is 6.20 Å². The van der Waals surface area contributed by atoms with Crippen LogP contribution in [0.2, 0.25) is 0 Å². The van der Waals surface area contributed by atoms with E-state index in [0.717, 1.165) is 6.20 Å². The van der Waals surface area contributed by atoms with Gasteiger partial charge in [0.15, 0.2) is 0 Å². The topological polar surface area (TPSA) is 108 Å². The third kappa shape index (κ3) is 3.81. The van der Waals surface area contributed by atoms with Gasteiger partial charge in [0.1, 0.15) is 5.56 Å². The van der Waals surface area contributed by atoms with Crippen LogP contribution in [0.25, 0.3) is 0 Å². The van der Waals surface area contributed by atoms with E-state index in [1.165, 1.54) is 13.8 Å². The molecule has 0 atom stereocenters. The number of carbonyl (C=O) groups is 1. The maximum Gasteiger partial charge on any atom is 0.423 e. The van der Waals surface area contributed by atoms with Crippen LogP contribution in [0.5, 0.6) is 5.88 Å². The van der Waals surface area contributed by atoms with Gasteiger partial charge >= 0.3 is 18.1 Å². The molecule has 0 aliphatic rings. The first kappa shape index (κ1) is 19.3. The molecule has 2 rings (SSSR count). The molecule has 0 radical (unpaired) electrons. The molecule has 0 aromatic carbocycles. The number of nitrogens with one attached hydrogen (secondary N) is 1. The van der Waals surface area contributed by atoms with Gasteiger partial charge in [-0.15, -0.1) is 0 Å². The smallest absolute Gasteiger partial charge is 0.423 e. The van der Waals surface area contributed by atoms with Crippen molar-refractivity contribution in [3.8, 4) is 5.88 Å². The summed E-state index contributed by atoms with van der Waals surface area (Å²) in [7, 11) is 0. The molecule has 0 aliphatic heterocycles. The Morgan fingerprint density at radius 3 is 2.54 bits per heavy atom. The van der Waals surface area contributed by atoms with E-state index in [-0.39, 0.29) is 28.6 Å². The van der Waals surface area contributed by atoms with Crippen LogP contribution in [0, 0.1) is 6.92 Å². The molecule has 26 heavy (non-hydrogen) atoms. The first-order valence-electron chi connectivity index (χ1n) is 7.05.